The maximum Gasteiger partial charge on any atom is 0.0613 e. The van der Waals surface area contributed by atoms with Crippen LogP contribution in [0.5, 0.6) is 0 Å². The van der Waals surface area contributed by atoms with Crippen molar-refractivity contribution >= 4 is 0 Å². The Labute approximate surface area is 93.9 Å². The molecule has 2 unspecified atom stereocenters. The van der Waals surface area contributed by atoms with Crippen molar-refractivity contribution in [3.63, 3.8) is 0 Å². The molecule has 3 heteroatoms. The summed E-state index contributed by atoms with van der Waals surface area (Å²) in [5, 5.41) is 12.7. The number of nitrogens with one attached hydrogen (secondary N) is 1. The van der Waals surface area contributed by atoms with E-state index in [-0.39, 0.29) is 12.1 Å². The van der Waals surface area contributed by atoms with Gasteiger partial charge in [-0.3, -0.25) is 0 Å². The maximum atomic E-state index is 9.44. The van der Waals surface area contributed by atoms with Crippen LogP contribution >= 0.6 is 0 Å². The smallest absolute Gasteiger partial charge is 0.0613 e. The third-order valence-corrected chi connectivity index (χ3v) is 3.85. The second-order valence-electron chi connectivity index (χ2n) is 4.71. The van der Waals surface area contributed by atoms with E-state index in [1.807, 2.05) is 7.05 Å². The zero-order valence-corrected chi connectivity index (χ0v) is 10.4. The zero-order chi connectivity index (χ0) is 11.3. The van der Waals surface area contributed by atoms with Crippen LogP contribution in [-0.4, -0.2) is 48.3 Å². The number of hydrogen-bond acceptors (Lipinski definition) is 3. The highest BCUT2D eigenvalue weighted by Gasteiger charge is 2.39. The molecule has 0 bridgehead atoms. The fourth-order valence-electron chi connectivity index (χ4n) is 2.75. The molecule has 0 amide bonds. The van der Waals surface area contributed by atoms with Gasteiger partial charge in [0.1, 0.15) is 0 Å². The van der Waals surface area contributed by atoms with Gasteiger partial charge < -0.3 is 15.3 Å². The van der Waals surface area contributed by atoms with Crippen LogP contribution in [0.3, 0.4) is 0 Å². The molecule has 2 N–H and O–H groups in total. The average molecular weight is 214 g/mol. The SMILES string of the molecule is CCCN(CC)C1CCC(CO)(NC)C1. The van der Waals surface area contributed by atoms with Gasteiger partial charge >= 0.3 is 0 Å². The van der Waals surface area contributed by atoms with Crippen LogP contribution in [0, 0.1) is 0 Å². The molecule has 0 spiro atoms. The van der Waals surface area contributed by atoms with Crippen molar-refractivity contribution in [3.05, 3.63) is 0 Å². The second kappa shape index (κ2) is 5.83. The van der Waals surface area contributed by atoms with Gasteiger partial charge in [-0.1, -0.05) is 13.8 Å². The van der Waals surface area contributed by atoms with Gasteiger partial charge in [-0.05, 0) is 45.8 Å². The molecule has 0 aliphatic heterocycles. The van der Waals surface area contributed by atoms with Crippen molar-refractivity contribution in [3.8, 4) is 0 Å². The van der Waals surface area contributed by atoms with Crippen LogP contribution in [0.25, 0.3) is 0 Å². The summed E-state index contributed by atoms with van der Waals surface area (Å²) in [6, 6.07) is 0.662. The van der Waals surface area contributed by atoms with E-state index in [0.717, 1.165) is 19.4 Å². The molecular weight excluding hydrogens is 188 g/mol. The Morgan fingerprint density at radius 2 is 2.20 bits per heavy atom. The highest BCUT2D eigenvalue weighted by molar-refractivity contribution is 4.98. The lowest BCUT2D eigenvalue weighted by Gasteiger charge is -2.30. The normalized spacial score (nSPS) is 31.4. The standard InChI is InChI=1S/C12H26N2O/c1-4-8-14(5-2)11-6-7-12(9-11,10-15)13-3/h11,13,15H,4-10H2,1-3H3. The molecule has 1 aliphatic carbocycles. The number of aliphatic hydroxyl groups excluding tert-OH is 1. The van der Waals surface area contributed by atoms with Gasteiger partial charge in [0.2, 0.25) is 0 Å². The highest BCUT2D eigenvalue weighted by Crippen LogP contribution is 2.32. The summed E-state index contributed by atoms with van der Waals surface area (Å²) in [6.45, 7) is 7.04. The van der Waals surface area contributed by atoms with E-state index in [0.29, 0.717) is 6.04 Å². The third kappa shape index (κ3) is 2.92. The number of hydrogen-bond donors (Lipinski definition) is 2. The van der Waals surface area contributed by atoms with Gasteiger partial charge in [-0.2, -0.15) is 0 Å². The number of nitrogens with zero attached hydrogens (tertiary/aromatic N) is 1. The van der Waals surface area contributed by atoms with Crippen molar-refractivity contribution in [2.75, 3.05) is 26.7 Å². The Morgan fingerprint density at radius 3 is 2.60 bits per heavy atom. The highest BCUT2D eigenvalue weighted by atomic mass is 16.3. The Morgan fingerprint density at radius 1 is 1.47 bits per heavy atom. The first kappa shape index (κ1) is 12.9. The number of rotatable bonds is 6. The van der Waals surface area contributed by atoms with E-state index in [1.54, 1.807) is 0 Å². The minimum Gasteiger partial charge on any atom is -0.394 e. The van der Waals surface area contributed by atoms with Crippen LogP contribution < -0.4 is 5.32 Å². The first-order chi connectivity index (χ1) is 7.21. The Bertz CT molecular complexity index is 180. The van der Waals surface area contributed by atoms with Crippen molar-refractivity contribution < 1.29 is 5.11 Å². The molecule has 15 heavy (non-hydrogen) atoms. The fourth-order valence-corrected chi connectivity index (χ4v) is 2.75. The monoisotopic (exact) mass is 214 g/mol. The van der Waals surface area contributed by atoms with E-state index in [9.17, 15) is 5.11 Å². The molecule has 0 aromatic heterocycles. The Hall–Kier alpha value is -0.120. The van der Waals surface area contributed by atoms with E-state index in [2.05, 4.69) is 24.1 Å². The minimum absolute atomic E-state index is 0.00811. The zero-order valence-electron chi connectivity index (χ0n) is 10.4. The summed E-state index contributed by atoms with van der Waals surface area (Å²) in [4.78, 5) is 2.55. The molecule has 1 saturated carbocycles. The molecular formula is C12H26N2O. The van der Waals surface area contributed by atoms with Gasteiger partial charge in [0.25, 0.3) is 0 Å². The van der Waals surface area contributed by atoms with Crippen molar-refractivity contribution in [2.45, 2.75) is 51.1 Å². The molecule has 90 valence electrons. The van der Waals surface area contributed by atoms with Gasteiger partial charge in [-0.15, -0.1) is 0 Å². The summed E-state index contributed by atoms with van der Waals surface area (Å²) < 4.78 is 0. The van der Waals surface area contributed by atoms with Gasteiger partial charge in [-0.25, -0.2) is 0 Å². The van der Waals surface area contributed by atoms with Crippen molar-refractivity contribution in [1.29, 1.82) is 0 Å². The number of aliphatic hydroxyl groups is 1. The predicted molar refractivity (Wildman–Crippen MR) is 64.1 cm³/mol. The molecule has 1 aliphatic rings. The third-order valence-electron chi connectivity index (χ3n) is 3.85. The number of likely N-dealkylation sites (N-methyl/N-ethyl adjacent to an activating group) is 1. The summed E-state index contributed by atoms with van der Waals surface area (Å²) in [5.41, 5.74) is -0.00811. The molecule has 0 saturated heterocycles. The minimum atomic E-state index is -0.00811. The average Bonchev–Trinajstić information content (AvgIpc) is 2.71. The van der Waals surface area contributed by atoms with E-state index in [1.165, 1.54) is 19.4 Å². The lowest BCUT2D eigenvalue weighted by Crippen LogP contribution is -2.46. The Balaban J connectivity index is 2.53. The maximum absolute atomic E-state index is 9.44. The molecule has 0 heterocycles. The van der Waals surface area contributed by atoms with Crippen LogP contribution in [-0.2, 0) is 0 Å². The van der Waals surface area contributed by atoms with Crippen LogP contribution in [0.4, 0.5) is 0 Å². The van der Waals surface area contributed by atoms with Gasteiger partial charge in [0.15, 0.2) is 0 Å². The molecule has 1 fully saturated rings. The molecule has 1 rings (SSSR count). The van der Waals surface area contributed by atoms with E-state index >= 15 is 0 Å². The molecule has 0 aromatic rings. The largest absolute Gasteiger partial charge is 0.394 e. The first-order valence-corrected chi connectivity index (χ1v) is 6.25. The van der Waals surface area contributed by atoms with Gasteiger partial charge in [0, 0.05) is 11.6 Å². The van der Waals surface area contributed by atoms with Gasteiger partial charge in [0.05, 0.1) is 6.61 Å². The quantitative estimate of drug-likeness (QED) is 0.698. The lowest BCUT2D eigenvalue weighted by molar-refractivity contribution is 0.150. The van der Waals surface area contributed by atoms with E-state index in [4.69, 9.17) is 0 Å². The molecule has 0 radical (unpaired) electrons. The topological polar surface area (TPSA) is 35.5 Å². The lowest BCUT2D eigenvalue weighted by atomic mass is 9.99. The molecule has 0 aromatic carbocycles. The van der Waals surface area contributed by atoms with Crippen LogP contribution in [0.15, 0.2) is 0 Å². The second-order valence-corrected chi connectivity index (χ2v) is 4.71. The predicted octanol–water partition coefficient (Wildman–Crippen LogP) is 1.22. The van der Waals surface area contributed by atoms with E-state index < -0.39 is 0 Å². The van der Waals surface area contributed by atoms with Crippen LogP contribution in [0.2, 0.25) is 0 Å². The van der Waals surface area contributed by atoms with Crippen molar-refractivity contribution in [1.82, 2.24) is 10.2 Å². The van der Waals surface area contributed by atoms with Crippen molar-refractivity contribution in [2.24, 2.45) is 0 Å². The van der Waals surface area contributed by atoms with Crippen LogP contribution in [0.1, 0.15) is 39.5 Å². The summed E-state index contributed by atoms with van der Waals surface area (Å²) >= 11 is 0. The summed E-state index contributed by atoms with van der Waals surface area (Å²) in [5.74, 6) is 0. The molecule has 2 atom stereocenters. The first-order valence-electron chi connectivity index (χ1n) is 6.25. The Kier molecular flexibility index (Phi) is 5.03. The summed E-state index contributed by atoms with van der Waals surface area (Å²) in [6.07, 6.45) is 4.63. The summed E-state index contributed by atoms with van der Waals surface area (Å²) in [7, 11) is 1.97. The fraction of sp³-hybridized carbons (Fsp3) is 1.00. The molecule has 3 nitrogen and oxygen atoms in total.